The molecule has 0 fully saturated rings. The first-order valence-corrected chi connectivity index (χ1v) is 5.46. The quantitative estimate of drug-likeness (QED) is 0.741. The van der Waals surface area contributed by atoms with Crippen LogP contribution in [0.2, 0.25) is 0 Å². The Labute approximate surface area is 100 Å². The van der Waals surface area contributed by atoms with Gasteiger partial charge in [-0.05, 0) is 42.3 Å². The first-order chi connectivity index (χ1) is 8.08. The van der Waals surface area contributed by atoms with Crippen LogP contribution in [0.15, 0.2) is 42.5 Å². The summed E-state index contributed by atoms with van der Waals surface area (Å²) in [7, 11) is 0. The van der Waals surface area contributed by atoms with E-state index in [1.807, 2.05) is 31.2 Å². The van der Waals surface area contributed by atoms with Gasteiger partial charge < -0.3 is 15.9 Å². The predicted molar refractivity (Wildman–Crippen MR) is 67.8 cm³/mol. The van der Waals surface area contributed by atoms with Crippen LogP contribution < -0.4 is 5.73 Å². The topological polar surface area (TPSA) is 66.5 Å². The number of aromatic hydroxyl groups is 2. The number of nitrogens with two attached hydrogens (primary N) is 1. The SMILES string of the molecule is CC(N)c1cc(-c2ccc(O)cc2)ccc1O. The lowest BCUT2D eigenvalue weighted by atomic mass is 9.99. The second kappa shape index (κ2) is 4.47. The molecule has 0 aliphatic heterocycles. The van der Waals surface area contributed by atoms with Crippen molar-refractivity contribution < 1.29 is 10.2 Å². The summed E-state index contributed by atoms with van der Waals surface area (Å²) in [4.78, 5) is 0. The zero-order valence-corrected chi connectivity index (χ0v) is 9.59. The number of phenolic OH excluding ortho intramolecular Hbond substituents is 2. The fourth-order valence-electron chi connectivity index (χ4n) is 1.75. The van der Waals surface area contributed by atoms with Gasteiger partial charge >= 0.3 is 0 Å². The van der Waals surface area contributed by atoms with Crippen molar-refractivity contribution in [2.45, 2.75) is 13.0 Å². The average molecular weight is 229 g/mol. The predicted octanol–water partition coefficient (Wildman–Crippen LogP) is 2.78. The number of rotatable bonds is 2. The minimum absolute atomic E-state index is 0.211. The largest absolute Gasteiger partial charge is 0.508 e. The fraction of sp³-hybridized carbons (Fsp3) is 0.143. The van der Waals surface area contributed by atoms with E-state index < -0.39 is 0 Å². The summed E-state index contributed by atoms with van der Waals surface area (Å²) in [5, 5.41) is 18.9. The molecular formula is C14H15NO2. The van der Waals surface area contributed by atoms with Crippen molar-refractivity contribution in [1.82, 2.24) is 0 Å². The molecule has 1 unspecified atom stereocenters. The lowest BCUT2D eigenvalue weighted by Crippen LogP contribution is -2.05. The van der Waals surface area contributed by atoms with Gasteiger partial charge in [0.05, 0.1) is 0 Å². The maximum Gasteiger partial charge on any atom is 0.120 e. The van der Waals surface area contributed by atoms with Gasteiger partial charge in [-0.3, -0.25) is 0 Å². The number of benzene rings is 2. The Morgan fingerprint density at radius 3 is 2.12 bits per heavy atom. The van der Waals surface area contributed by atoms with Crippen LogP contribution in [0, 0.1) is 0 Å². The highest BCUT2D eigenvalue weighted by Crippen LogP contribution is 2.29. The van der Waals surface area contributed by atoms with Gasteiger partial charge in [-0.25, -0.2) is 0 Å². The first-order valence-electron chi connectivity index (χ1n) is 5.46. The molecule has 0 bridgehead atoms. The monoisotopic (exact) mass is 229 g/mol. The second-order valence-corrected chi connectivity index (χ2v) is 4.11. The number of hydrogen-bond acceptors (Lipinski definition) is 3. The van der Waals surface area contributed by atoms with E-state index in [4.69, 9.17) is 5.73 Å². The van der Waals surface area contributed by atoms with Gasteiger partial charge in [0.1, 0.15) is 11.5 Å². The van der Waals surface area contributed by atoms with Crippen LogP contribution >= 0.6 is 0 Å². The van der Waals surface area contributed by atoms with Crippen molar-refractivity contribution >= 4 is 0 Å². The van der Waals surface area contributed by atoms with Gasteiger partial charge in [-0.15, -0.1) is 0 Å². The Kier molecular flexibility index (Phi) is 3.02. The highest BCUT2D eigenvalue weighted by molar-refractivity contribution is 5.66. The van der Waals surface area contributed by atoms with E-state index in [1.165, 1.54) is 0 Å². The zero-order chi connectivity index (χ0) is 12.4. The Morgan fingerprint density at radius 1 is 0.941 bits per heavy atom. The van der Waals surface area contributed by atoms with Crippen molar-refractivity contribution in [2.24, 2.45) is 5.73 Å². The maximum absolute atomic E-state index is 9.68. The molecule has 3 heteroatoms. The van der Waals surface area contributed by atoms with Crippen molar-refractivity contribution in [1.29, 1.82) is 0 Å². The molecule has 2 aromatic carbocycles. The van der Waals surface area contributed by atoms with E-state index in [0.717, 1.165) is 16.7 Å². The van der Waals surface area contributed by atoms with E-state index in [1.54, 1.807) is 18.2 Å². The Hall–Kier alpha value is -2.00. The van der Waals surface area contributed by atoms with Gasteiger partial charge in [0.2, 0.25) is 0 Å². The summed E-state index contributed by atoms with van der Waals surface area (Å²) in [6.07, 6.45) is 0. The van der Waals surface area contributed by atoms with Crippen molar-refractivity contribution in [2.75, 3.05) is 0 Å². The second-order valence-electron chi connectivity index (χ2n) is 4.11. The molecule has 0 spiro atoms. The van der Waals surface area contributed by atoms with E-state index >= 15 is 0 Å². The van der Waals surface area contributed by atoms with E-state index in [2.05, 4.69) is 0 Å². The Morgan fingerprint density at radius 2 is 1.53 bits per heavy atom. The van der Waals surface area contributed by atoms with Gasteiger partial charge in [0.25, 0.3) is 0 Å². The molecule has 2 rings (SSSR count). The van der Waals surface area contributed by atoms with Crippen LogP contribution in [0.4, 0.5) is 0 Å². The summed E-state index contributed by atoms with van der Waals surface area (Å²) in [6.45, 7) is 1.83. The summed E-state index contributed by atoms with van der Waals surface area (Å²) < 4.78 is 0. The maximum atomic E-state index is 9.68. The zero-order valence-electron chi connectivity index (χ0n) is 9.59. The third-order valence-corrected chi connectivity index (χ3v) is 2.72. The number of phenols is 2. The van der Waals surface area contributed by atoms with E-state index in [-0.39, 0.29) is 17.5 Å². The molecule has 17 heavy (non-hydrogen) atoms. The van der Waals surface area contributed by atoms with Crippen LogP contribution in [-0.2, 0) is 0 Å². The molecule has 0 aliphatic carbocycles. The first kappa shape index (κ1) is 11.5. The normalized spacial score (nSPS) is 12.4. The molecule has 2 aromatic rings. The van der Waals surface area contributed by atoms with Gasteiger partial charge in [0, 0.05) is 11.6 Å². The molecular weight excluding hydrogens is 214 g/mol. The van der Waals surface area contributed by atoms with Crippen molar-refractivity contribution in [3.8, 4) is 22.6 Å². The van der Waals surface area contributed by atoms with E-state index in [0.29, 0.717) is 0 Å². The minimum Gasteiger partial charge on any atom is -0.508 e. The fourth-order valence-corrected chi connectivity index (χ4v) is 1.75. The van der Waals surface area contributed by atoms with Gasteiger partial charge in [-0.1, -0.05) is 18.2 Å². The molecule has 0 aliphatic rings. The number of hydrogen-bond donors (Lipinski definition) is 3. The Balaban J connectivity index is 2.46. The lowest BCUT2D eigenvalue weighted by Gasteiger charge is -2.11. The molecule has 0 saturated carbocycles. The van der Waals surface area contributed by atoms with Gasteiger partial charge in [0.15, 0.2) is 0 Å². The molecule has 0 saturated heterocycles. The summed E-state index contributed by atoms with van der Waals surface area (Å²) in [5.41, 5.74) is 8.45. The van der Waals surface area contributed by atoms with Crippen LogP contribution in [-0.4, -0.2) is 10.2 Å². The summed E-state index contributed by atoms with van der Waals surface area (Å²) >= 11 is 0. The van der Waals surface area contributed by atoms with Crippen LogP contribution in [0.5, 0.6) is 11.5 Å². The highest BCUT2D eigenvalue weighted by Gasteiger charge is 2.08. The third kappa shape index (κ3) is 2.40. The smallest absolute Gasteiger partial charge is 0.120 e. The molecule has 0 amide bonds. The van der Waals surface area contributed by atoms with Crippen molar-refractivity contribution in [3.63, 3.8) is 0 Å². The molecule has 0 radical (unpaired) electrons. The molecule has 1 atom stereocenters. The molecule has 3 nitrogen and oxygen atoms in total. The van der Waals surface area contributed by atoms with E-state index in [9.17, 15) is 10.2 Å². The van der Waals surface area contributed by atoms with Crippen LogP contribution in [0.1, 0.15) is 18.5 Å². The lowest BCUT2D eigenvalue weighted by molar-refractivity contribution is 0.464. The van der Waals surface area contributed by atoms with Crippen LogP contribution in [0.3, 0.4) is 0 Å². The van der Waals surface area contributed by atoms with Crippen molar-refractivity contribution in [3.05, 3.63) is 48.0 Å². The molecule has 0 aromatic heterocycles. The summed E-state index contributed by atoms with van der Waals surface area (Å²) in [5.74, 6) is 0.447. The third-order valence-electron chi connectivity index (χ3n) is 2.72. The molecule has 88 valence electrons. The summed E-state index contributed by atoms with van der Waals surface area (Å²) in [6, 6.07) is 12.0. The Bertz CT molecular complexity index is 518. The average Bonchev–Trinajstić information content (AvgIpc) is 2.30. The standard InChI is InChI=1S/C14H15NO2/c1-9(15)13-8-11(4-7-14(13)17)10-2-5-12(16)6-3-10/h2-9,16-17H,15H2,1H3. The minimum atomic E-state index is -0.216. The molecule has 0 heterocycles. The van der Waals surface area contributed by atoms with Crippen LogP contribution in [0.25, 0.3) is 11.1 Å². The highest BCUT2D eigenvalue weighted by atomic mass is 16.3. The van der Waals surface area contributed by atoms with Gasteiger partial charge in [-0.2, -0.15) is 0 Å². The molecule has 4 N–H and O–H groups in total.